The van der Waals surface area contributed by atoms with Crippen LogP contribution in [-0.2, 0) is 0 Å². The molecule has 5 heteroatoms. The number of nitrogen functional groups attached to an aromatic ring is 1. The molecule has 24 heavy (non-hydrogen) atoms. The number of nitrogens with two attached hydrogens (primary N) is 1. The van der Waals surface area contributed by atoms with E-state index in [1.165, 1.54) is 11.3 Å². The minimum Gasteiger partial charge on any atom is -0.507 e. The SMILES string of the molecule is Nc1cccc(-c2csc(Nc3cccc4c(O)cccc34)n2)c1. The molecule has 0 saturated carbocycles. The maximum atomic E-state index is 9.99. The molecule has 0 fully saturated rings. The summed E-state index contributed by atoms with van der Waals surface area (Å²) in [5.74, 6) is 0.274. The highest BCUT2D eigenvalue weighted by Crippen LogP contribution is 2.33. The molecular weight excluding hydrogens is 318 g/mol. The fraction of sp³-hybridized carbons (Fsp3) is 0. The van der Waals surface area contributed by atoms with Gasteiger partial charge in [0.25, 0.3) is 0 Å². The number of rotatable bonds is 3. The van der Waals surface area contributed by atoms with Crippen molar-refractivity contribution in [3.8, 4) is 17.0 Å². The first kappa shape index (κ1) is 14.5. The maximum Gasteiger partial charge on any atom is 0.187 e. The number of fused-ring (bicyclic) bond motifs is 1. The number of aromatic hydroxyl groups is 1. The van der Waals surface area contributed by atoms with E-state index in [0.29, 0.717) is 0 Å². The van der Waals surface area contributed by atoms with Crippen molar-refractivity contribution in [1.82, 2.24) is 4.98 Å². The number of nitrogens with one attached hydrogen (secondary N) is 1. The van der Waals surface area contributed by atoms with Crippen LogP contribution in [-0.4, -0.2) is 10.1 Å². The molecule has 0 atom stereocenters. The van der Waals surface area contributed by atoms with Crippen LogP contribution in [0.2, 0.25) is 0 Å². The van der Waals surface area contributed by atoms with Gasteiger partial charge in [-0.05, 0) is 24.3 Å². The summed E-state index contributed by atoms with van der Waals surface area (Å²) in [6.45, 7) is 0. The molecule has 0 spiro atoms. The molecule has 0 saturated heterocycles. The van der Waals surface area contributed by atoms with Gasteiger partial charge in [-0.3, -0.25) is 0 Å². The average Bonchev–Trinajstić information content (AvgIpc) is 3.05. The Labute approximate surface area is 143 Å². The van der Waals surface area contributed by atoms with Crippen LogP contribution < -0.4 is 11.1 Å². The van der Waals surface area contributed by atoms with Gasteiger partial charge in [-0.25, -0.2) is 4.98 Å². The minimum atomic E-state index is 0.274. The van der Waals surface area contributed by atoms with Gasteiger partial charge in [0, 0.05) is 33.1 Å². The summed E-state index contributed by atoms with van der Waals surface area (Å²) < 4.78 is 0. The molecule has 4 N–H and O–H groups in total. The molecule has 0 aliphatic rings. The van der Waals surface area contributed by atoms with Gasteiger partial charge >= 0.3 is 0 Å². The lowest BCUT2D eigenvalue weighted by molar-refractivity contribution is 0.481. The Kier molecular flexibility index (Phi) is 3.55. The van der Waals surface area contributed by atoms with Crippen LogP contribution in [0, 0.1) is 0 Å². The summed E-state index contributed by atoms with van der Waals surface area (Å²) in [7, 11) is 0. The molecular formula is C19H15N3OS. The van der Waals surface area contributed by atoms with Gasteiger partial charge in [0.15, 0.2) is 5.13 Å². The minimum absolute atomic E-state index is 0.274. The van der Waals surface area contributed by atoms with Crippen molar-refractivity contribution in [1.29, 1.82) is 0 Å². The van der Waals surface area contributed by atoms with Gasteiger partial charge in [0.1, 0.15) is 5.75 Å². The first-order chi connectivity index (χ1) is 11.7. The van der Waals surface area contributed by atoms with E-state index in [4.69, 9.17) is 5.73 Å². The van der Waals surface area contributed by atoms with Crippen molar-refractivity contribution in [2.75, 3.05) is 11.1 Å². The second kappa shape index (κ2) is 5.86. The Morgan fingerprint density at radius 2 is 1.75 bits per heavy atom. The monoisotopic (exact) mass is 333 g/mol. The molecule has 4 rings (SSSR count). The molecule has 0 amide bonds. The fourth-order valence-electron chi connectivity index (χ4n) is 2.68. The number of anilines is 3. The van der Waals surface area contributed by atoms with E-state index in [1.807, 2.05) is 60.0 Å². The molecule has 1 aromatic heterocycles. The van der Waals surface area contributed by atoms with Gasteiger partial charge in [0.2, 0.25) is 0 Å². The number of hydrogen-bond acceptors (Lipinski definition) is 5. The van der Waals surface area contributed by atoms with Crippen LogP contribution in [0.15, 0.2) is 66.0 Å². The van der Waals surface area contributed by atoms with Crippen molar-refractivity contribution in [2.24, 2.45) is 0 Å². The van der Waals surface area contributed by atoms with E-state index in [-0.39, 0.29) is 5.75 Å². The molecule has 0 aliphatic heterocycles. The Morgan fingerprint density at radius 3 is 2.62 bits per heavy atom. The van der Waals surface area contributed by atoms with E-state index in [2.05, 4.69) is 10.3 Å². The standard InChI is InChI=1S/C19H15N3OS/c20-13-5-1-4-12(10-13)17-11-24-19(22-17)21-16-8-2-7-15-14(16)6-3-9-18(15)23/h1-11,23H,20H2,(H,21,22). The van der Waals surface area contributed by atoms with E-state index in [1.54, 1.807) is 6.07 Å². The first-order valence-corrected chi connectivity index (χ1v) is 8.38. The quantitative estimate of drug-likeness (QED) is 0.462. The summed E-state index contributed by atoms with van der Waals surface area (Å²) >= 11 is 1.53. The van der Waals surface area contributed by atoms with Crippen LogP contribution in [0.4, 0.5) is 16.5 Å². The average molecular weight is 333 g/mol. The number of phenols is 1. The highest BCUT2D eigenvalue weighted by Gasteiger charge is 2.08. The summed E-state index contributed by atoms with van der Waals surface area (Å²) in [4.78, 5) is 4.64. The normalized spacial score (nSPS) is 10.8. The predicted octanol–water partition coefficient (Wildman–Crippen LogP) is 4.99. The number of thiazole rings is 1. The molecule has 3 aromatic carbocycles. The van der Waals surface area contributed by atoms with Gasteiger partial charge in [-0.2, -0.15) is 0 Å². The smallest absolute Gasteiger partial charge is 0.187 e. The largest absolute Gasteiger partial charge is 0.507 e. The van der Waals surface area contributed by atoms with E-state index in [9.17, 15) is 5.11 Å². The van der Waals surface area contributed by atoms with Gasteiger partial charge in [0.05, 0.1) is 5.69 Å². The number of hydrogen-bond donors (Lipinski definition) is 3. The topological polar surface area (TPSA) is 71.2 Å². The predicted molar refractivity (Wildman–Crippen MR) is 101 cm³/mol. The summed E-state index contributed by atoms with van der Waals surface area (Å²) in [5.41, 5.74) is 9.36. The van der Waals surface area contributed by atoms with Crippen LogP contribution >= 0.6 is 11.3 Å². The van der Waals surface area contributed by atoms with Gasteiger partial charge < -0.3 is 16.2 Å². The zero-order valence-corrected chi connectivity index (χ0v) is 13.5. The maximum absolute atomic E-state index is 9.99. The number of nitrogens with zero attached hydrogens (tertiary/aromatic N) is 1. The van der Waals surface area contributed by atoms with Crippen molar-refractivity contribution < 1.29 is 5.11 Å². The van der Waals surface area contributed by atoms with Crippen LogP contribution in [0.5, 0.6) is 5.75 Å². The van der Waals surface area contributed by atoms with E-state index < -0.39 is 0 Å². The van der Waals surface area contributed by atoms with Gasteiger partial charge in [-0.1, -0.05) is 36.4 Å². The highest BCUT2D eigenvalue weighted by molar-refractivity contribution is 7.14. The molecule has 1 heterocycles. The van der Waals surface area contributed by atoms with E-state index >= 15 is 0 Å². The third-order valence-electron chi connectivity index (χ3n) is 3.83. The first-order valence-electron chi connectivity index (χ1n) is 7.50. The van der Waals surface area contributed by atoms with Crippen molar-refractivity contribution in [2.45, 2.75) is 0 Å². The lowest BCUT2D eigenvalue weighted by atomic mass is 10.1. The Balaban J connectivity index is 1.69. The fourth-order valence-corrected chi connectivity index (χ4v) is 3.41. The zero-order valence-electron chi connectivity index (χ0n) is 12.7. The number of aromatic nitrogens is 1. The third-order valence-corrected chi connectivity index (χ3v) is 4.58. The van der Waals surface area contributed by atoms with Crippen LogP contribution in [0.3, 0.4) is 0 Å². The lowest BCUT2D eigenvalue weighted by Gasteiger charge is -2.08. The molecule has 4 aromatic rings. The molecule has 0 radical (unpaired) electrons. The van der Waals surface area contributed by atoms with Crippen LogP contribution in [0.1, 0.15) is 0 Å². The summed E-state index contributed by atoms with van der Waals surface area (Å²) in [6, 6.07) is 19.0. The van der Waals surface area contributed by atoms with Crippen molar-refractivity contribution in [3.63, 3.8) is 0 Å². The molecule has 0 unspecified atom stereocenters. The summed E-state index contributed by atoms with van der Waals surface area (Å²) in [5, 5.41) is 17.9. The van der Waals surface area contributed by atoms with Crippen LogP contribution in [0.25, 0.3) is 22.0 Å². The highest BCUT2D eigenvalue weighted by atomic mass is 32.1. The molecule has 0 aliphatic carbocycles. The zero-order chi connectivity index (χ0) is 16.5. The number of benzene rings is 3. The second-order valence-electron chi connectivity index (χ2n) is 5.47. The number of phenolic OH excluding ortho intramolecular Hbond substituents is 1. The molecule has 118 valence electrons. The Hall–Kier alpha value is -3.05. The Morgan fingerprint density at radius 1 is 0.958 bits per heavy atom. The molecule has 0 bridgehead atoms. The van der Waals surface area contributed by atoms with Crippen molar-refractivity contribution >= 4 is 38.6 Å². The second-order valence-corrected chi connectivity index (χ2v) is 6.32. The van der Waals surface area contributed by atoms with E-state index in [0.717, 1.165) is 38.5 Å². The van der Waals surface area contributed by atoms with Gasteiger partial charge in [-0.15, -0.1) is 11.3 Å². The lowest BCUT2D eigenvalue weighted by Crippen LogP contribution is -1.91. The third kappa shape index (κ3) is 2.66. The summed E-state index contributed by atoms with van der Waals surface area (Å²) in [6.07, 6.45) is 0. The van der Waals surface area contributed by atoms with Crippen molar-refractivity contribution in [3.05, 3.63) is 66.0 Å². The Bertz CT molecular complexity index is 1030. The molecule has 4 nitrogen and oxygen atoms in total.